The first-order valence-corrected chi connectivity index (χ1v) is 5.59. The summed E-state index contributed by atoms with van der Waals surface area (Å²) in [6, 6.07) is 7.98. The molecule has 90 valence electrons. The van der Waals surface area contributed by atoms with Gasteiger partial charge in [0.1, 0.15) is 5.75 Å². The molecule has 2 rings (SSSR count). The molecule has 1 unspecified atom stereocenters. The van der Waals surface area contributed by atoms with E-state index in [0.717, 1.165) is 16.9 Å². The first-order chi connectivity index (χ1) is 8.24. The van der Waals surface area contributed by atoms with Crippen molar-refractivity contribution in [3.8, 4) is 5.75 Å². The molecule has 0 spiro atoms. The summed E-state index contributed by atoms with van der Waals surface area (Å²) in [5, 5.41) is 4.31. The van der Waals surface area contributed by atoms with E-state index in [1.165, 1.54) is 0 Å². The third-order valence-corrected chi connectivity index (χ3v) is 2.75. The largest absolute Gasteiger partial charge is 0.497 e. The Hall–Kier alpha value is -1.81. The Morgan fingerprint density at radius 1 is 1.47 bits per heavy atom. The maximum absolute atomic E-state index is 5.84. The van der Waals surface area contributed by atoms with Crippen LogP contribution in [0.5, 0.6) is 5.75 Å². The maximum atomic E-state index is 5.84. The van der Waals surface area contributed by atoms with Crippen molar-refractivity contribution in [1.82, 2.24) is 9.78 Å². The summed E-state index contributed by atoms with van der Waals surface area (Å²) in [6.45, 7) is 2.52. The van der Waals surface area contributed by atoms with E-state index in [0.29, 0.717) is 6.54 Å². The van der Waals surface area contributed by atoms with Crippen LogP contribution < -0.4 is 10.5 Å². The lowest BCUT2D eigenvalue weighted by Crippen LogP contribution is -2.20. The Morgan fingerprint density at radius 2 is 2.29 bits per heavy atom. The van der Waals surface area contributed by atoms with Gasteiger partial charge in [-0.3, -0.25) is 4.68 Å². The van der Waals surface area contributed by atoms with Crippen molar-refractivity contribution >= 4 is 0 Å². The second-order valence-electron chi connectivity index (χ2n) is 4.03. The van der Waals surface area contributed by atoms with Gasteiger partial charge in [0.05, 0.1) is 19.3 Å². The average Bonchev–Trinajstić information content (AvgIpc) is 2.77. The standard InChI is InChI=1S/C13H17N3O/c1-10-8-15-16(9-10)13(7-14)11-4-3-5-12(6-11)17-2/h3-6,8-9,13H,7,14H2,1-2H3. The first kappa shape index (κ1) is 11.7. The minimum absolute atomic E-state index is 0.0544. The van der Waals surface area contributed by atoms with Crippen molar-refractivity contribution in [2.45, 2.75) is 13.0 Å². The van der Waals surface area contributed by atoms with Gasteiger partial charge in [-0.2, -0.15) is 5.10 Å². The lowest BCUT2D eigenvalue weighted by atomic mass is 10.1. The summed E-state index contributed by atoms with van der Waals surface area (Å²) in [6.07, 6.45) is 3.83. The van der Waals surface area contributed by atoms with Gasteiger partial charge in [-0.05, 0) is 30.2 Å². The van der Waals surface area contributed by atoms with Crippen LogP contribution in [0.1, 0.15) is 17.2 Å². The lowest BCUT2D eigenvalue weighted by Gasteiger charge is -2.16. The number of methoxy groups -OCH3 is 1. The third kappa shape index (κ3) is 2.47. The molecule has 2 aromatic rings. The van der Waals surface area contributed by atoms with Crippen LogP contribution in [-0.4, -0.2) is 23.4 Å². The van der Waals surface area contributed by atoms with Crippen LogP contribution >= 0.6 is 0 Å². The van der Waals surface area contributed by atoms with E-state index in [9.17, 15) is 0 Å². The predicted octanol–water partition coefficient (Wildman–Crippen LogP) is 1.75. The van der Waals surface area contributed by atoms with Gasteiger partial charge in [-0.1, -0.05) is 12.1 Å². The van der Waals surface area contributed by atoms with Gasteiger partial charge >= 0.3 is 0 Å². The van der Waals surface area contributed by atoms with Crippen molar-refractivity contribution < 1.29 is 4.74 Å². The Kier molecular flexibility index (Phi) is 3.44. The molecule has 4 heteroatoms. The van der Waals surface area contributed by atoms with Gasteiger partial charge < -0.3 is 10.5 Å². The second-order valence-corrected chi connectivity index (χ2v) is 4.03. The van der Waals surface area contributed by atoms with Crippen molar-refractivity contribution in [3.05, 3.63) is 47.8 Å². The van der Waals surface area contributed by atoms with Gasteiger partial charge in [0.15, 0.2) is 0 Å². The maximum Gasteiger partial charge on any atom is 0.119 e. The molecule has 1 aromatic carbocycles. The van der Waals surface area contributed by atoms with Crippen molar-refractivity contribution in [2.24, 2.45) is 5.73 Å². The summed E-state index contributed by atoms with van der Waals surface area (Å²) in [5.41, 5.74) is 8.07. The summed E-state index contributed by atoms with van der Waals surface area (Å²) in [4.78, 5) is 0. The summed E-state index contributed by atoms with van der Waals surface area (Å²) in [5.74, 6) is 0.838. The van der Waals surface area contributed by atoms with Crippen molar-refractivity contribution in [1.29, 1.82) is 0 Å². The fraction of sp³-hybridized carbons (Fsp3) is 0.308. The van der Waals surface area contributed by atoms with Crippen LogP contribution in [0.15, 0.2) is 36.7 Å². The van der Waals surface area contributed by atoms with E-state index >= 15 is 0 Å². The Morgan fingerprint density at radius 3 is 2.88 bits per heavy atom. The van der Waals surface area contributed by atoms with Crippen LogP contribution in [0.25, 0.3) is 0 Å². The molecule has 4 nitrogen and oxygen atoms in total. The molecule has 0 aliphatic carbocycles. The zero-order valence-electron chi connectivity index (χ0n) is 10.1. The second kappa shape index (κ2) is 5.01. The zero-order chi connectivity index (χ0) is 12.3. The topological polar surface area (TPSA) is 53.1 Å². The molecule has 0 bridgehead atoms. The molecule has 2 N–H and O–H groups in total. The summed E-state index contributed by atoms with van der Waals surface area (Å²) >= 11 is 0. The van der Waals surface area contributed by atoms with Crippen molar-refractivity contribution in [3.63, 3.8) is 0 Å². The summed E-state index contributed by atoms with van der Waals surface area (Å²) < 4.78 is 7.11. The molecule has 0 aliphatic rings. The quantitative estimate of drug-likeness (QED) is 0.872. The van der Waals surface area contributed by atoms with Crippen molar-refractivity contribution in [2.75, 3.05) is 13.7 Å². The van der Waals surface area contributed by atoms with Gasteiger partial charge in [-0.25, -0.2) is 0 Å². The minimum atomic E-state index is 0.0544. The number of nitrogens with zero attached hydrogens (tertiary/aromatic N) is 2. The minimum Gasteiger partial charge on any atom is -0.497 e. The third-order valence-electron chi connectivity index (χ3n) is 2.75. The molecule has 0 amide bonds. The van der Waals surface area contributed by atoms with E-state index in [-0.39, 0.29) is 6.04 Å². The number of aromatic nitrogens is 2. The number of hydrogen-bond donors (Lipinski definition) is 1. The molecule has 17 heavy (non-hydrogen) atoms. The fourth-order valence-corrected chi connectivity index (χ4v) is 1.85. The highest BCUT2D eigenvalue weighted by atomic mass is 16.5. The first-order valence-electron chi connectivity index (χ1n) is 5.59. The highest BCUT2D eigenvalue weighted by molar-refractivity contribution is 5.31. The normalized spacial score (nSPS) is 12.4. The highest BCUT2D eigenvalue weighted by Crippen LogP contribution is 2.21. The summed E-state index contributed by atoms with van der Waals surface area (Å²) in [7, 11) is 1.66. The number of hydrogen-bond acceptors (Lipinski definition) is 3. The molecule has 0 aliphatic heterocycles. The molecule has 0 radical (unpaired) electrons. The molecule has 1 aromatic heterocycles. The number of benzene rings is 1. The van der Waals surface area contributed by atoms with Gasteiger partial charge in [0.25, 0.3) is 0 Å². The zero-order valence-corrected chi connectivity index (χ0v) is 10.1. The lowest BCUT2D eigenvalue weighted by molar-refractivity contribution is 0.412. The van der Waals surface area contributed by atoms with Crippen LogP contribution in [0.2, 0.25) is 0 Å². The Labute approximate surface area is 101 Å². The van der Waals surface area contributed by atoms with E-state index in [1.807, 2.05) is 48.3 Å². The van der Waals surface area contributed by atoms with Gasteiger partial charge in [0, 0.05) is 12.7 Å². The Bertz CT molecular complexity index is 493. The predicted molar refractivity (Wildman–Crippen MR) is 67.2 cm³/mol. The van der Waals surface area contributed by atoms with E-state index in [1.54, 1.807) is 7.11 Å². The molecule has 1 atom stereocenters. The molecule has 0 fully saturated rings. The number of rotatable bonds is 4. The van der Waals surface area contributed by atoms with Crippen LogP contribution in [0.4, 0.5) is 0 Å². The molecular weight excluding hydrogens is 214 g/mol. The molecule has 0 saturated carbocycles. The van der Waals surface area contributed by atoms with E-state index in [2.05, 4.69) is 5.10 Å². The highest BCUT2D eigenvalue weighted by Gasteiger charge is 2.13. The molecular formula is C13H17N3O. The fourth-order valence-electron chi connectivity index (χ4n) is 1.85. The monoisotopic (exact) mass is 231 g/mol. The number of nitrogens with two attached hydrogens (primary N) is 1. The van der Waals surface area contributed by atoms with Crippen LogP contribution in [0, 0.1) is 6.92 Å². The smallest absolute Gasteiger partial charge is 0.119 e. The van der Waals surface area contributed by atoms with E-state index < -0.39 is 0 Å². The molecule has 0 saturated heterocycles. The number of aryl methyl sites for hydroxylation is 1. The molecule has 1 heterocycles. The number of ether oxygens (including phenoxy) is 1. The van der Waals surface area contributed by atoms with Crippen LogP contribution in [0.3, 0.4) is 0 Å². The van der Waals surface area contributed by atoms with Gasteiger partial charge in [-0.15, -0.1) is 0 Å². The van der Waals surface area contributed by atoms with Gasteiger partial charge in [0.2, 0.25) is 0 Å². The van der Waals surface area contributed by atoms with Crippen LogP contribution in [-0.2, 0) is 0 Å². The SMILES string of the molecule is COc1cccc(C(CN)n2cc(C)cn2)c1. The van der Waals surface area contributed by atoms with E-state index in [4.69, 9.17) is 10.5 Å². The Balaban J connectivity index is 2.34. The average molecular weight is 231 g/mol.